The first kappa shape index (κ1) is 12.9. The van der Waals surface area contributed by atoms with Crippen LogP contribution in [0, 0.1) is 5.92 Å². The van der Waals surface area contributed by atoms with Crippen molar-refractivity contribution in [3.05, 3.63) is 0 Å². The molecule has 0 radical (unpaired) electrons. The Balaban J connectivity index is 3.59. The van der Waals surface area contributed by atoms with Gasteiger partial charge in [-0.25, -0.2) is 0 Å². The molecule has 0 aromatic heterocycles. The monoisotopic (exact) mass is 187 g/mol. The molecule has 0 amide bonds. The molecule has 80 valence electrons. The van der Waals surface area contributed by atoms with Crippen molar-refractivity contribution >= 4 is 0 Å². The SMILES string of the molecule is CCC(CCOC(C)C)C(C)NC. The van der Waals surface area contributed by atoms with Crippen molar-refractivity contribution in [3.63, 3.8) is 0 Å². The van der Waals surface area contributed by atoms with Gasteiger partial charge in [-0.15, -0.1) is 0 Å². The number of hydrogen-bond donors (Lipinski definition) is 1. The van der Waals surface area contributed by atoms with E-state index in [1.807, 2.05) is 7.05 Å². The molecule has 0 spiro atoms. The summed E-state index contributed by atoms with van der Waals surface area (Å²) in [5, 5.41) is 3.30. The molecule has 2 nitrogen and oxygen atoms in total. The maximum Gasteiger partial charge on any atom is 0.0518 e. The van der Waals surface area contributed by atoms with E-state index in [-0.39, 0.29) is 0 Å². The van der Waals surface area contributed by atoms with Gasteiger partial charge in [-0.1, -0.05) is 13.3 Å². The Kier molecular flexibility index (Phi) is 7.29. The number of ether oxygens (including phenoxy) is 1. The lowest BCUT2D eigenvalue weighted by Gasteiger charge is -2.22. The smallest absolute Gasteiger partial charge is 0.0518 e. The third-order valence-corrected chi connectivity index (χ3v) is 2.63. The Labute approximate surface area is 83.1 Å². The fourth-order valence-electron chi connectivity index (χ4n) is 1.50. The van der Waals surface area contributed by atoms with Crippen LogP contribution in [-0.2, 0) is 4.74 Å². The molecule has 2 heteroatoms. The van der Waals surface area contributed by atoms with Gasteiger partial charge < -0.3 is 10.1 Å². The summed E-state index contributed by atoms with van der Waals surface area (Å²) >= 11 is 0. The zero-order valence-corrected chi connectivity index (χ0v) is 9.76. The molecule has 2 atom stereocenters. The molecule has 0 aliphatic carbocycles. The Hall–Kier alpha value is -0.0800. The van der Waals surface area contributed by atoms with Crippen LogP contribution in [0.5, 0.6) is 0 Å². The van der Waals surface area contributed by atoms with Crippen LogP contribution in [0.1, 0.15) is 40.5 Å². The summed E-state index contributed by atoms with van der Waals surface area (Å²) in [6, 6.07) is 0.598. The molecular weight excluding hydrogens is 162 g/mol. The van der Waals surface area contributed by atoms with Gasteiger partial charge in [0, 0.05) is 12.6 Å². The third-order valence-electron chi connectivity index (χ3n) is 2.63. The average Bonchev–Trinajstić information content (AvgIpc) is 2.11. The van der Waals surface area contributed by atoms with E-state index in [9.17, 15) is 0 Å². The first-order chi connectivity index (χ1) is 6.11. The van der Waals surface area contributed by atoms with Gasteiger partial charge in [0.25, 0.3) is 0 Å². The van der Waals surface area contributed by atoms with E-state index in [4.69, 9.17) is 4.74 Å². The van der Waals surface area contributed by atoms with Gasteiger partial charge in [0.1, 0.15) is 0 Å². The van der Waals surface area contributed by atoms with Crippen LogP contribution >= 0.6 is 0 Å². The van der Waals surface area contributed by atoms with E-state index < -0.39 is 0 Å². The predicted molar refractivity (Wildman–Crippen MR) is 58.0 cm³/mol. The van der Waals surface area contributed by atoms with E-state index in [2.05, 4.69) is 33.0 Å². The molecule has 0 saturated carbocycles. The molecule has 0 saturated heterocycles. The van der Waals surface area contributed by atoms with Crippen molar-refractivity contribution in [3.8, 4) is 0 Å². The highest BCUT2D eigenvalue weighted by atomic mass is 16.5. The van der Waals surface area contributed by atoms with Crippen LogP contribution in [0.3, 0.4) is 0 Å². The van der Waals surface area contributed by atoms with Gasteiger partial charge in [-0.2, -0.15) is 0 Å². The lowest BCUT2D eigenvalue weighted by Crippen LogP contribution is -2.31. The Bertz CT molecular complexity index is 115. The number of nitrogens with one attached hydrogen (secondary N) is 1. The van der Waals surface area contributed by atoms with E-state index >= 15 is 0 Å². The molecule has 0 bridgehead atoms. The molecule has 2 unspecified atom stereocenters. The Morgan fingerprint density at radius 3 is 2.23 bits per heavy atom. The maximum absolute atomic E-state index is 5.54. The standard InChI is InChI=1S/C11H25NO/c1-6-11(10(4)12-5)7-8-13-9(2)3/h9-12H,6-8H2,1-5H3. The summed E-state index contributed by atoms with van der Waals surface area (Å²) < 4.78 is 5.54. The van der Waals surface area contributed by atoms with Crippen molar-refractivity contribution in [2.24, 2.45) is 5.92 Å². The zero-order valence-electron chi connectivity index (χ0n) is 9.76. The topological polar surface area (TPSA) is 21.3 Å². The van der Waals surface area contributed by atoms with E-state index in [0.29, 0.717) is 12.1 Å². The van der Waals surface area contributed by atoms with E-state index in [1.165, 1.54) is 6.42 Å². The van der Waals surface area contributed by atoms with Crippen molar-refractivity contribution < 1.29 is 4.74 Å². The Morgan fingerprint density at radius 1 is 1.23 bits per heavy atom. The fourth-order valence-corrected chi connectivity index (χ4v) is 1.50. The normalized spacial score (nSPS) is 16.2. The Morgan fingerprint density at radius 2 is 1.85 bits per heavy atom. The zero-order chi connectivity index (χ0) is 10.3. The van der Waals surface area contributed by atoms with Crippen LogP contribution < -0.4 is 5.32 Å². The van der Waals surface area contributed by atoms with Gasteiger partial charge in [-0.05, 0) is 40.2 Å². The summed E-state index contributed by atoms with van der Waals surface area (Å²) in [7, 11) is 2.02. The molecule has 1 N–H and O–H groups in total. The fraction of sp³-hybridized carbons (Fsp3) is 1.00. The average molecular weight is 187 g/mol. The van der Waals surface area contributed by atoms with Crippen LogP contribution in [0.2, 0.25) is 0 Å². The summed E-state index contributed by atoms with van der Waals surface area (Å²) in [6.45, 7) is 9.55. The molecule has 0 aromatic carbocycles. The lowest BCUT2D eigenvalue weighted by atomic mass is 9.95. The molecule has 0 heterocycles. The van der Waals surface area contributed by atoms with Crippen molar-refractivity contribution in [2.45, 2.75) is 52.7 Å². The number of rotatable bonds is 7. The van der Waals surface area contributed by atoms with Crippen LogP contribution in [0.25, 0.3) is 0 Å². The first-order valence-corrected chi connectivity index (χ1v) is 5.40. The van der Waals surface area contributed by atoms with Gasteiger partial charge >= 0.3 is 0 Å². The molecule has 0 aliphatic heterocycles. The summed E-state index contributed by atoms with van der Waals surface area (Å²) in [6.07, 6.45) is 2.75. The number of hydrogen-bond acceptors (Lipinski definition) is 2. The summed E-state index contributed by atoms with van der Waals surface area (Å²) in [5.41, 5.74) is 0. The second-order valence-corrected chi connectivity index (χ2v) is 3.95. The second-order valence-electron chi connectivity index (χ2n) is 3.95. The second kappa shape index (κ2) is 7.34. The molecule has 13 heavy (non-hydrogen) atoms. The highest BCUT2D eigenvalue weighted by molar-refractivity contribution is 4.69. The van der Waals surface area contributed by atoms with Gasteiger partial charge in [-0.3, -0.25) is 0 Å². The van der Waals surface area contributed by atoms with Crippen LogP contribution in [0.15, 0.2) is 0 Å². The lowest BCUT2D eigenvalue weighted by molar-refractivity contribution is 0.0650. The van der Waals surface area contributed by atoms with E-state index in [0.717, 1.165) is 18.9 Å². The van der Waals surface area contributed by atoms with E-state index in [1.54, 1.807) is 0 Å². The molecule has 0 fully saturated rings. The van der Waals surface area contributed by atoms with Crippen LogP contribution in [-0.4, -0.2) is 25.8 Å². The molecule has 0 aliphatic rings. The highest BCUT2D eigenvalue weighted by Crippen LogP contribution is 2.13. The third kappa shape index (κ3) is 6.05. The van der Waals surface area contributed by atoms with Crippen molar-refractivity contribution in [1.82, 2.24) is 5.32 Å². The highest BCUT2D eigenvalue weighted by Gasteiger charge is 2.13. The van der Waals surface area contributed by atoms with Gasteiger partial charge in [0.2, 0.25) is 0 Å². The van der Waals surface area contributed by atoms with Gasteiger partial charge in [0.15, 0.2) is 0 Å². The minimum Gasteiger partial charge on any atom is -0.379 e. The van der Waals surface area contributed by atoms with Crippen LogP contribution in [0.4, 0.5) is 0 Å². The molecule has 0 aromatic rings. The first-order valence-electron chi connectivity index (χ1n) is 5.40. The maximum atomic E-state index is 5.54. The minimum absolute atomic E-state index is 0.363. The predicted octanol–water partition coefficient (Wildman–Crippen LogP) is 2.44. The summed E-state index contributed by atoms with van der Waals surface area (Å²) in [5.74, 6) is 0.740. The van der Waals surface area contributed by atoms with Crippen molar-refractivity contribution in [1.29, 1.82) is 0 Å². The van der Waals surface area contributed by atoms with Gasteiger partial charge in [0.05, 0.1) is 6.10 Å². The van der Waals surface area contributed by atoms with Crippen molar-refractivity contribution in [2.75, 3.05) is 13.7 Å². The minimum atomic E-state index is 0.363. The molecule has 0 rings (SSSR count). The largest absolute Gasteiger partial charge is 0.379 e. The summed E-state index contributed by atoms with van der Waals surface area (Å²) in [4.78, 5) is 0. The molecular formula is C11H25NO. The quantitative estimate of drug-likeness (QED) is 0.661.